The number of hydrazone groups is 1. The Morgan fingerprint density at radius 3 is 2.06 bits per heavy atom. The second-order valence-electron chi connectivity index (χ2n) is 6.38. The van der Waals surface area contributed by atoms with Crippen LogP contribution >= 0.6 is 11.6 Å². The highest BCUT2D eigenvalue weighted by atomic mass is 35.5. The Balaban J connectivity index is 1.89. The Kier molecular flexibility index (Phi) is 7.24. The Labute approximate surface area is 184 Å². The van der Waals surface area contributed by atoms with Crippen molar-refractivity contribution in [2.75, 3.05) is 13.7 Å². The molecule has 0 spiro atoms. The third-order valence-corrected chi connectivity index (χ3v) is 4.49. The molecule has 0 unspecified atom stereocenters. The number of halogens is 1. The van der Waals surface area contributed by atoms with Gasteiger partial charge in [0.05, 0.1) is 17.8 Å². The lowest BCUT2D eigenvalue weighted by molar-refractivity contribution is -0.119. The smallest absolute Gasteiger partial charge is 0.271 e. The van der Waals surface area contributed by atoms with Crippen LogP contribution in [0.2, 0.25) is 5.02 Å². The number of rotatable bonds is 8. The van der Waals surface area contributed by atoms with E-state index in [1.165, 1.54) is 19.2 Å². The van der Waals surface area contributed by atoms with Gasteiger partial charge in [0.2, 0.25) is 0 Å². The van der Waals surface area contributed by atoms with E-state index < -0.39 is 11.8 Å². The number of nitrogens with one attached hydrogen (secondary N) is 1. The molecule has 0 atom stereocenters. The molecule has 7 nitrogen and oxygen atoms in total. The molecule has 0 aromatic heterocycles. The minimum absolute atomic E-state index is 0.0982. The Bertz CT molecular complexity index is 1060. The summed E-state index contributed by atoms with van der Waals surface area (Å²) in [5.41, 5.74) is 10.2. The summed E-state index contributed by atoms with van der Waals surface area (Å²) in [4.78, 5) is 23.7. The van der Waals surface area contributed by atoms with Crippen molar-refractivity contribution in [2.45, 2.75) is 0 Å². The van der Waals surface area contributed by atoms with Gasteiger partial charge in [0.1, 0.15) is 0 Å². The average molecular weight is 438 g/mol. The van der Waals surface area contributed by atoms with Gasteiger partial charge in [-0.15, -0.1) is 0 Å². The lowest BCUT2D eigenvalue weighted by Crippen LogP contribution is -2.22. The molecule has 31 heavy (non-hydrogen) atoms. The number of carbonyl (C=O) groups is 2. The first-order valence-corrected chi connectivity index (χ1v) is 9.65. The normalized spacial score (nSPS) is 10.1. The number of primary amides is 1. The molecule has 0 aliphatic carbocycles. The second kappa shape index (κ2) is 10.3. The summed E-state index contributed by atoms with van der Waals surface area (Å²) >= 11 is 6.22. The fourth-order valence-electron chi connectivity index (χ4n) is 2.79. The highest BCUT2D eigenvalue weighted by molar-refractivity contribution is 6.32. The summed E-state index contributed by atoms with van der Waals surface area (Å²) < 4.78 is 10.5. The van der Waals surface area contributed by atoms with Crippen molar-refractivity contribution in [3.05, 3.63) is 94.5 Å². The zero-order chi connectivity index (χ0) is 22.2. The quantitative estimate of drug-likeness (QED) is 0.416. The molecule has 0 saturated carbocycles. The molecule has 0 aliphatic heterocycles. The van der Waals surface area contributed by atoms with E-state index in [0.717, 1.165) is 11.1 Å². The topological polar surface area (TPSA) is 103 Å². The Morgan fingerprint density at radius 1 is 0.968 bits per heavy atom. The Morgan fingerprint density at radius 2 is 1.55 bits per heavy atom. The van der Waals surface area contributed by atoms with E-state index in [1.807, 2.05) is 60.7 Å². The van der Waals surface area contributed by atoms with Crippen molar-refractivity contribution in [3.8, 4) is 11.5 Å². The zero-order valence-electron chi connectivity index (χ0n) is 16.7. The van der Waals surface area contributed by atoms with Crippen LogP contribution in [0.5, 0.6) is 11.5 Å². The van der Waals surface area contributed by atoms with Crippen molar-refractivity contribution < 1.29 is 19.1 Å². The van der Waals surface area contributed by atoms with Crippen LogP contribution in [0.4, 0.5) is 0 Å². The molecule has 3 aromatic rings. The summed E-state index contributed by atoms with van der Waals surface area (Å²) in [6.45, 7) is -0.372. The van der Waals surface area contributed by atoms with Gasteiger partial charge in [-0.1, -0.05) is 72.3 Å². The van der Waals surface area contributed by atoms with Gasteiger partial charge in [-0.2, -0.15) is 5.10 Å². The average Bonchev–Trinajstić information content (AvgIpc) is 2.79. The van der Waals surface area contributed by atoms with Crippen LogP contribution in [0, 0.1) is 0 Å². The second-order valence-corrected chi connectivity index (χ2v) is 6.79. The molecule has 0 radical (unpaired) electrons. The van der Waals surface area contributed by atoms with Gasteiger partial charge in [0.15, 0.2) is 18.1 Å². The number of hydrogen-bond donors (Lipinski definition) is 2. The Hall–Kier alpha value is -3.84. The number of nitrogens with two attached hydrogens (primary N) is 1. The third-order valence-electron chi connectivity index (χ3n) is 4.21. The number of amides is 2. The standard InChI is InChI=1S/C23H20ClN3O4/c1-30-19-13-17(12-18(24)22(19)31-14-20(25)28)23(29)27-26-21(15-8-4-2-5-9-15)16-10-6-3-7-11-16/h2-13H,14H2,1H3,(H2,25,28)(H,27,29). The van der Waals surface area contributed by atoms with E-state index in [1.54, 1.807) is 0 Å². The summed E-state index contributed by atoms with van der Waals surface area (Å²) in [6.07, 6.45) is 0. The fraction of sp³-hybridized carbons (Fsp3) is 0.0870. The van der Waals surface area contributed by atoms with Crippen molar-refractivity contribution in [3.63, 3.8) is 0 Å². The van der Waals surface area contributed by atoms with E-state index in [2.05, 4.69) is 10.5 Å². The van der Waals surface area contributed by atoms with E-state index in [-0.39, 0.29) is 28.7 Å². The minimum Gasteiger partial charge on any atom is -0.493 e. The highest BCUT2D eigenvalue weighted by Crippen LogP contribution is 2.36. The molecule has 158 valence electrons. The molecule has 0 aliphatic rings. The monoisotopic (exact) mass is 437 g/mol. The van der Waals surface area contributed by atoms with Gasteiger partial charge in [0, 0.05) is 16.7 Å². The van der Waals surface area contributed by atoms with Crippen molar-refractivity contribution >= 4 is 29.1 Å². The van der Waals surface area contributed by atoms with Gasteiger partial charge in [0.25, 0.3) is 11.8 Å². The van der Waals surface area contributed by atoms with Gasteiger partial charge in [-0.3, -0.25) is 9.59 Å². The molecule has 3 N–H and O–H groups in total. The van der Waals surface area contributed by atoms with Gasteiger partial charge in [-0.25, -0.2) is 5.43 Å². The zero-order valence-corrected chi connectivity index (χ0v) is 17.4. The largest absolute Gasteiger partial charge is 0.493 e. The molecular weight excluding hydrogens is 418 g/mol. The van der Waals surface area contributed by atoms with E-state index >= 15 is 0 Å². The maximum atomic E-state index is 12.8. The van der Waals surface area contributed by atoms with Crippen molar-refractivity contribution in [1.29, 1.82) is 0 Å². The van der Waals surface area contributed by atoms with E-state index in [4.69, 9.17) is 26.8 Å². The minimum atomic E-state index is -0.663. The van der Waals surface area contributed by atoms with Gasteiger partial charge >= 0.3 is 0 Å². The maximum Gasteiger partial charge on any atom is 0.271 e. The number of hydrogen-bond acceptors (Lipinski definition) is 5. The number of benzene rings is 3. The molecule has 0 heterocycles. The number of methoxy groups -OCH3 is 1. The van der Waals surface area contributed by atoms with Gasteiger partial charge < -0.3 is 15.2 Å². The summed E-state index contributed by atoms with van der Waals surface area (Å²) in [6, 6.07) is 21.8. The predicted octanol–water partition coefficient (Wildman–Crippen LogP) is 3.40. The summed E-state index contributed by atoms with van der Waals surface area (Å²) in [7, 11) is 1.39. The van der Waals surface area contributed by atoms with Crippen molar-refractivity contribution in [2.24, 2.45) is 10.8 Å². The van der Waals surface area contributed by atoms with Crippen molar-refractivity contribution in [1.82, 2.24) is 5.43 Å². The first-order valence-electron chi connectivity index (χ1n) is 9.27. The van der Waals surface area contributed by atoms with Crippen LogP contribution in [0.25, 0.3) is 0 Å². The number of carbonyl (C=O) groups excluding carboxylic acids is 2. The SMILES string of the molecule is COc1cc(C(=O)NN=C(c2ccccc2)c2ccccc2)cc(Cl)c1OCC(N)=O. The first-order chi connectivity index (χ1) is 15.0. The summed E-state index contributed by atoms with van der Waals surface area (Å²) in [5, 5.41) is 4.45. The molecule has 3 rings (SSSR count). The predicted molar refractivity (Wildman–Crippen MR) is 119 cm³/mol. The van der Waals surface area contributed by atoms with E-state index in [9.17, 15) is 9.59 Å². The molecule has 0 bridgehead atoms. The molecule has 3 aromatic carbocycles. The van der Waals surface area contributed by atoms with Crippen LogP contribution in [-0.2, 0) is 4.79 Å². The van der Waals surface area contributed by atoms with Crippen LogP contribution in [0.3, 0.4) is 0 Å². The molecule has 8 heteroatoms. The van der Waals surface area contributed by atoms with Gasteiger partial charge in [-0.05, 0) is 12.1 Å². The molecule has 2 amide bonds. The lowest BCUT2D eigenvalue weighted by Gasteiger charge is -2.13. The van der Waals surface area contributed by atoms with Crippen LogP contribution < -0.4 is 20.6 Å². The van der Waals surface area contributed by atoms with E-state index in [0.29, 0.717) is 5.71 Å². The molecule has 0 saturated heterocycles. The van der Waals surface area contributed by atoms with Crippen LogP contribution in [-0.4, -0.2) is 31.2 Å². The highest BCUT2D eigenvalue weighted by Gasteiger charge is 2.17. The number of ether oxygens (including phenoxy) is 2. The number of nitrogens with zero attached hydrogens (tertiary/aromatic N) is 1. The molecule has 0 fully saturated rings. The molecular formula is C23H20ClN3O4. The fourth-order valence-corrected chi connectivity index (χ4v) is 3.06. The maximum absolute atomic E-state index is 12.8. The van der Waals surface area contributed by atoms with Crippen LogP contribution in [0.15, 0.2) is 77.9 Å². The lowest BCUT2D eigenvalue weighted by atomic mass is 10.0. The third kappa shape index (κ3) is 5.61. The summed E-state index contributed by atoms with van der Waals surface area (Å²) in [5.74, 6) is -0.846. The first kappa shape index (κ1) is 21.9. The van der Waals surface area contributed by atoms with Crippen LogP contribution in [0.1, 0.15) is 21.5 Å².